The van der Waals surface area contributed by atoms with E-state index in [1.54, 1.807) is 17.5 Å². The number of fused-ring (bicyclic) bond motifs is 1. The zero-order chi connectivity index (χ0) is 11.5. The first-order valence-electron chi connectivity index (χ1n) is 4.91. The molecule has 2 aromatic heterocycles. The molecule has 2 N–H and O–H groups in total. The molecular formula is C10H12N4O2. The molecule has 0 amide bonds. The number of hydrogen-bond acceptors (Lipinski definition) is 4. The van der Waals surface area contributed by atoms with Gasteiger partial charge in [0.25, 0.3) is 0 Å². The van der Waals surface area contributed by atoms with E-state index in [1.807, 2.05) is 18.5 Å². The summed E-state index contributed by atoms with van der Waals surface area (Å²) in [6.45, 7) is 2.01. The number of carboxylic acids is 1. The number of carbonyl (C=O) groups is 1. The lowest BCUT2D eigenvalue weighted by molar-refractivity contribution is -0.139. The van der Waals surface area contributed by atoms with Crippen LogP contribution in [0.2, 0.25) is 0 Å². The summed E-state index contributed by atoms with van der Waals surface area (Å²) in [5.74, 6) is -0.260. The van der Waals surface area contributed by atoms with Crippen molar-refractivity contribution in [1.29, 1.82) is 0 Å². The smallest absolute Gasteiger partial charge is 0.320 e. The van der Waals surface area contributed by atoms with Gasteiger partial charge in [-0.05, 0) is 13.0 Å². The van der Waals surface area contributed by atoms with E-state index < -0.39 is 12.0 Å². The average molecular weight is 220 g/mol. The Hall–Kier alpha value is -1.95. The lowest BCUT2D eigenvalue weighted by Crippen LogP contribution is -2.33. The van der Waals surface area contributed by atoms with Crippen LogP contribution in [0.15, 0.2) is 24.7 Å². The predicted molar refractivity (Wildman–Crippen MR) is 56.9 cm³/mol. The summed E-state index contributed by atoms with van der Waals surface area (Å²) in [7, 11) is 0. The summed E-state index contributed by atoms with van der Waals surface area (Å²) in [4.78, 5) is 18.9. The molecule has 2 heterocycles. The molecule has 2 rings (SSSR count). The van der Waals surface area contributed by atoms with Crippen molar-refractivity contribution in [3.05, 3.63) is 30.4 Å². The predicted octanol–water partition coefficient (Wildman–Crippen LogP) is 0.292. The van der Waals surface area contributed by atoms with E-state index in [-0.39, 0.29) is 0 Å². The fourth-order valence-corrected chi connectivity index (χ4v) is 1.31. The molecule has 2 aromatic rings. The molecule has 0 aliphatic rings. The minimum Gasteiger partial charge on any atom is -0.480 e. The molecule has 0 aromatic carbocycles. The van der Waals surface area contributed by atoms with Crippen LogP contribution in [0.3, 0.4) is 0 Å². The maximum absolute atomic E-state index is 10.6. The van der Waals surface area contributed by atoms with Crippen LogP contribution in [-0.4, -0.2) is 31.5 Å². The summed E-state index contributed by atoms with van der Waals surface area (Å²) in [5.41, 5.74) is 0.770. The zero-order valence-corrected chi connectivity index (χ0v) is 8.79. The van der Waals surface area contributed by atoms with Gasteiger partial charge < -0.3 is 5.11 Å². The fraction of sp³-hybridized carbons (Fsp3) is 0.300. The average Bonchev–Trinajstić information content (AvgIpc) is 2.68. The van der Waals surface area contributed by atoms with Crippen LogP contribution in [0.25, 0.3) is 5.78 Å². The molecule has 1 unspecified atom stereocenters. The number of hydrogen-bond donors (Lipinski definition) is 2. The summed E-state index contributed by atoms with van der Waals surface area (Å²) in [6, 6.07) is 1.23. The van der Waals surface area contributed by atoms with Gasteiger partial charge in [-0.2, -0.15) is 0 Å². The molecule has 6 heteroatoms. The van der Waals surface area contributed by atoms with Crippen LogP contribution in [0.4, 0.5) is 0 Å². The van der Waals surface area contributed by atoms with Crippen LogP contribution in [0, 0.1) is 0 Å². The Morgan fingerprint density at radius 1 is 1.69 bits per heavy atom. The lowest BCUT2D eigenvalue weighted by Gasteiger charge is -2.06. The van der Waals surface area contributed by atoms with E-state index in [2.05, 4.69) is 15.3 Å². The second-order valence-electron chi connectivity index (χ2n) is 3.50. The van der Waals surface area contributed by atoms with E-state index in [0.717, 1.165) is 5.69 Å². The van der Waals surface area contributed by atoms with Crippen molar-refractivity contribution >= 4 is 11.7 Å². The zero-order valence-electron chi connectivity index (χ0n) is 8.79. The number of carboxylic acid groups (broad SMARTS) is 1. The molecule has 0 saturated heterocycles. The van der Waals surface area contributed by atoms with E-state index in [9.17, 15) is 4.79 Å². The van der Waals surface area contributed by atoms with Crippen LogP contribution < -0.4 is 5.32 Å². The fourth-order valence-electron chi connectivity index (χ4n) is 1.31. The van der Waals surface area contributed by atoms with Gasteiger partial charge in [-0.1, -0.05) is 0 Å². The molecule has 84 valence electrons. The minimum absolute atomic E-state index is 0.414. The van der Waals surface area contributed by atoms with Crippen molar-refractivity contribution in [3.8, 4) is 0 Å². The molecule has 0 radical (unpaired) electrons. The molecule has 0 saturated carbocycles. The van der Waals surface area contributed by atoms with Gasteiger partial charge in [0.15, 0.2) is 0 Å². The Kier molecular flexibility index (Phi) is 2.82. The second kappa shape index (κ2) is 4.28. The summed E-state index contributed by atoms with van der Waals surface area (Å²) >= 11 is 0. The summed E-state index contributed by atoms with van der Waals surface area (Å²) in [5, 5.41) is 11.6. The number of nitrogens with zero attached hydrogens (tertiary/aromatic N) is 3. The first-order valence-corrected chi connectivity index (χ1v) is 4.91. The monoisotopic (exact) mass is 220 g/mol. The van der Waals surface area contributed by atoms with Crippen LogP contribution in [0.1, 0.15) is 12.6 Å². The van der Waals surface area contributed by atoms with Crippen molar-refractivity contribution in [2.75, 3.05) is 0 Å². The molecular weight excluding hydrogens is 208 g/mol. The number of rotatable bonds is 4. The van der Waals surface area contributed by atoms with Crippen molar-refractivity contribution in [2.24, 2.45) is 0 Å². The lowest BCUT2D eigenvalue weighted by atomic mass is 10.3. The van der Waals surface area contributed by atoms with Crippen molar-refractivity contribution < 1.29 is 9.90 Å². The third kappa shape index (κ3) is 2.17. The van der Waals surface area contributed by atoms with Crippen molar-refractivity contribution in [2.45, 2.75) is 19.5 Å². The molecule has 6 nitrogen and oxygen atoms in total. The van der Waals surface area contributed by atoms with Crippen LogP contribution in [-0.2, 0) is 11.3 Å². The van der Waals surface area contributed by atoms with Gasteiger partial charge in [0, 0.05) is 25.1 Å². The highest BCUT2D eigenvalue weighted by molar-refractivity contribution is 5.72. The van der Waals surface area contributed by atoms with E-state index in [1.165, 1.54) is 0 Å². The van der Waals surface area contributed by atoms with Gasteiger partial charge in [0.1, 0.15) is 6.04 Å². The van der Waals surface area contributed by atoms with Crippen molar-refractivity contribution in [3.63, 3.8) is 0 Å². The number of imidazole rings is 1. The highest BCUT2D eigenvalue weighted by Crippen LogP contribution is 2.01. The van der Waals surface area contributed by atoms with E-state index in [4.69, 9.17) is 5.11 Å². The number of nitrogens with one attached hydrogen (secondary N) is 1. The Labute approximate surface area is 92.0 Å². The molecule has 16 heavy (non-hydrogen) atoms. The SMILES string of the molecule is CC(NCc1cn2cccnc2n1)C(=O)O. The standard InChI is InChI=1S/C10H12N4O2/c1-7(9(15)16)12-5-8-6-14-4-2-3-11-10(14)13-8/h2-4,6-7,12H,5H2,1H3,(H,15,16). The van der Waals surface area contributed by atoms with Crippen LogP contribution >= 0.6 is 0 Å². The van der Waals surface area contributed by atoms with Gasteiger partial charge in [0.2, 0.25) is 5.78 Å². The van der Waals surface area contributed by atoms with E-state index in [0.29, 0.717) is 12.3 Å². The second-order valence-corrected chi connectivity index (χ2v) is 3.50. The van der Waals surface area contributed by atoms with E-state index >= 15 is 0 Å². The van der Waals surface area contributed by atoms with Gasteiger partial charge in [0.05, 0.1) is 5.69 Å². The Morgan fingerprint density at radius 3 is 3.19 bits per heavy atom. The van der Waals surface area contributed by atoms with Crippen molar-refractivity contribution in [1.82, 2.24) is 19.7 Å². The van der Waals surface area contributed by atoms with Crippen LogP contribution in [0.5, 0.6) is 0 Å². The molecule has 1 atom stereocenters. The maximum Gasteiger partial charge on any atom is 0.320 e. The first-order chi connectivity index (χ1) is 7.66. The minimum atomic E-state index is -0.873. The largest absolute Gasteiger partial charge is 0.480 e. The molecule has 0 aliphatic heterocycles. The Bertz CT molecular complexity index is 475. The van der Waals surface area contributed by atoms with Gasteiger partial charge in [-0.15, -0.1) is 0 Å². The third-order valence-corrected chi connectivity index (χ3v) is 2.25. The van der Waals surface area contributed by atoms with Gasteiger partial charge in [-0.25, -0.2) is 9.97 Å². The topological polar surface area (TPSA) is 79.5 Å². The molecule has 0 spiro atoms. The Morgan fingerprint density at radius 2 is 2.50 bits per heavy atom. The first kappa shape index (κ1) is 10.6. The van der Waals surface area contributed by atoms with Gasteiger partial charge >= 0.3 is 5.97 Å². The molecule has 0 aliphatic carbocycles. The third-order valence-electron chi connectivity index (χ3n) is 2.25. The highest BCUT2D eigenvalue weighted by Gasteiger charge is 2.10. The Balaban J connectivity index is 2.07. The summed E-state index contributed by atoms with van der Waals surface area (Å²) in [6.07, 6.45) is 5.34. The molecule has 0 bridgehead atoms. The normalized spacial score (nSPS) is 12.8. The molecule has 0 fully saturated rings. The number of aliphatic carboxylic acids is 1. The summed E-state index contributed by atoms with van der Waals surface area (Å²) < 4.78 is 1.79. The quantitative estimate of drug-likeness (QED) is 0.774. The number of aromatic nitrogens is 3. The highest BCUT2D eigenvalue weighted by atomic mass is 16.4. The maximum atomic E-state index is 10.6. The van der Waals surface area contributed by atoms with Gasteiger partial charge in [-0.3, -0.25) is 14.5 Å².